The molecule has 4 N–H and O–H groups in total. The number of benzene rings is 1. The number of carbonyl (C=O) groups is 2. The smallest absolute Gasteiger partial charge is 0.314 e. The number of amides is 2. The van der Waals surface area contributed by atoms with Crippen LogP contribution in [0.1, 0.15) is 18.9 Å². The monoisotopic (exact) mass is 298 g/mol. The van der Waals surface area contributed by atoms with Crippen LogP contribution >= 0.6 is 0 Å². The first-order chi connectivity index (χ1) is 9.78. The fraction of sp³-hybridized carbons (Fsp3) is 0.429. The van der Waals surface area contributed by atoms with Crippen molar-refractivity contribution in [1.29, 1.82) is 0 Å². The van der Waals surface area contributed by atoms with Gasteiger partial charge in [0.1, 0.15) is 5.82 Å². The maximum Gasteiger partial charge on any atom is 0.314 e. The lowest BCUT2D eigenvalue weighted by Crippen LogP contribution is -2.46. The summed E-state index contributed by atoms with van der Waals surface area (Å²) in [7, 11) is 0. The first-order valence-electron chi connectivity index (χ1n) is 6.49. The van der Waals surface area contributed by atoms with Crippen molar-refractivity contribution >= 4 is 12.0 Å². The van der Waals surface area contributed by atoms with E-state index in [1.807, 2.05) is 0 Å². The zero-order chi connectivity index (χ0) is 15.9. The second-order valence-electron chi connectivity index (χ2n) is 5.05. The number of aliphatic carboxylic acids is 1. The fourth-order valence-corrected chi connectivity index (χ4v) is 1.69. The van der Waals surface area contributed by atoms with E-state index in [9.17, 15) is 19.1 Å². The van der Waals surface area contributed by atoms with Crippen LogP contribution < -0.4 is 10.6 Å². The summed E-state index contributed by atoms with van der Waals surface area (Å²) in [6.45, 7) is 1.51. The Morgan fingerprint density at radius 3 is 2.43 bits per heavy atom. The molecule has 1 atom stereocenters. The van der Waals surface area contributed by atoms with Gasteiger partial charge in [0.15, 0.2) is 0 Å². The van der Waals surface area contributed by atoms with E-state index in [4.69, 9.17) is 5.11 Å². The minimum atomic E-state index is -1.50. The standard InChI is InChI=1S/C14H19FN2O4/c1-14(21,8-12(18)19)9-17-13(20)16-7-6-10-2-4-11(15)5-3-10/h2-5,21H,6-9H2,1H3,(H,18,19)(H2,16,17,20). The molecule has 2 amide bonds. The Balaban J connectivity index is 2.25. The lowest BCUT2D eigenvalue weighted by molar-refractivity contribution is -0.141. The number of carboxylic acids is 1. The number of carbonyl (C=O) groups excluding carboxylic acids is 1. The van der Waals surface area contributed by atoms with Gasteiger partial charge >= 0.3 is 12.0 Å². The summed E-state index contributed by atoms with van der Waals surface area (Å²) in [6, 6.07) is 5.46. The molecule has 6 nitrogen and oxygen atoms in total. The molecule has 1 aromatic carbocycles. The highest BCUT2D eigenvalue weighted by Crippen LogP contribution is 2.07. The summed E-state index contributed by atoms with van der Waals surface area (Å²) in [5.74, 6) is -1.45. The third-order valence-electron chi connectivity index (χ3n) is 2.77. The minimum Gasteiger partial charge on any atom is -0.481 e. The molecule has 7 heteroatoms. The van der Waals surface area contributed by atoms with Gasteiger partial charge in [-0.25, -0.2) is 9.18 Å². The van der Waals surface area contributed by atoms with Gasteiger partial charge in [-0.15, -0.1) is 0 Å². The Morgan fingerprint density at radius 2 is 1.86 bits per heavy atom. The first kappa shape index (κ1) is 16.9. The molecule has 1 rings (SSSR count). The molecule has 0 aliphatic heterocycles. The summed E-state index contributed by atoms with van der Waals surface area (Å²) in [5.41, 5.74) is -0.616. The van der Waals surface area contributed by atoms with Crippen molar-refractivity contribution in [3.8, 4) is 0 Å². The average Bonchev–Trinajstić information content (AvgIpc) is 2.37. The van der Waals surface area contributed by atoms with Crippen LogP contribution in [-0.4, -0.2) is 40.9 Å². The van der Waals surface area contributed by atoms with E-state index >= 15 is 0 Å². The van der Waals surface area contributed by atoms with Crippen molar-refractivity contribution in [3.05, 3.63) is 35.6 Å². The third-order valence-corrected chi connectivity index (χ3v) is 2.77. The number of rotatable bonds is 7. The van der Waals surface area contributed by atoms with Crippen molar-refractivity contribution in [3.63, 3.8) is 0 Å². The van der Waals surface area contributed by atoms with E-state index in [0.717, 1.165) is 5.56 Å². The Morgan fingerprint density at radius 1 is 1.24 bits per heavy atom. The Hall–Kier alpha value is -2.15. The number of urea groups is 1. The van der Waals surface area contributed by atoms with E-state index in [0.29, 0.717) is 13.0 Å². The van der Waals surface area contributed by atoms with E-state index in [2.05, 4.69) is 10.6 Å². The molecule has 0 bridgehead atoms. The molecule has 0 heterocycles. The lowest BCUT2D eigenvalue weighted by atomic mass is 10.0. The molecule has 0 saturated heterocycles. The van der Waals surface area contributed by atoms with Crippen LogP contribution in [0.25, 0.3) is 0 Å². The van der Waals surface area contributed by atoms with Crippen LogP contribution in [-0.2, 0) is 11.2 Å². The van der Waals surface area contributed by atoms with Gasteiger partial charge < -0.3 is 20.8 Å². The topological polar surface area (TPSA) is 98.7 Å². The maximum atomic E-state index is 12.7. The average molecular weight is 298 g/mol. The molecule has 21 heavy (non-hydrogen) atoms. The quantitative estimate of drug-likeness (QED) is 0.601. The molecule has 0 radical (unpaired) electrons. The van der Waals surface area contributed by atoms with Crippen LogP contribution in [0.3, 0.4) is 0 Å². The Labute approximate surface area is 122 Å². The molecule has 0 fully saturated rings. The molecular formula is C14H19FN2O4. The number of nitrogens with one attached hydrogen (secondary N) is 2. The summed E-state index contributed by atoms with van der Waals surface area (Å²) in [6.07, 6.45) is 0.0854. The highest BCUT2D eigenvalue weighted by atomic mass is 19.1. The molecule has 0 saturated carbocycles. The van der Waals surface area contributed by atoms with Crippen LogP contribution in [0.15, 0.2) is 24.3 Å². The van der Waals surface area contributed by atoms with Crippen molar-refractivity contribution < 1.29 is 24.2 Å². The number of carboxylic acid groups (broad SMARTS) is 1. The fourth-order valence-electron chi connectivity index (χ4n) is 1.69. The van der Waals surface area contributed by atoms with Gasteiger partial charge in [-0.2, -0.15) is 0 Å². The van der Waals surface area contributed by atoms with Crippen LogP contribution in [0.4, 0.5) is 9.18 Å². The molecule has 0 aliphatic carbocycles. The number of hydrogen-bond acceptors (Lipinski definition) is 3. The van der Waals surface area contributed by atoms with Crippen molar-refractivity contribution in [2.45, 2.75) is 25.4 Å². The molecule has 1 unspecified atom stereocenters. The second kappa shape index (κ2) is 7.58. The SMILES string of the molecule is CC(O)(CNC(=O)NCCc1ccc(F)cc1)CC(=O)O. The molecule has 1 aromatic rings. The largest absolute Gasteiger partial charge is 0.481 e. The van der Waals surface area contributed by atoms with E-state index < -0.39 is 24.0 Å². The van der Waals surface area contributed by atoms with Gasteiger partial charge in [0.2, 0.25) is 0 Å². The summed E-state index contributed by atoms with van der Waals surface area (Å²) in [5, 5.41) is 23.3. The van der Waals surface area contributed by atoms with Gasteiger partial charge in [0.05, 0.1) is 12.0 Å². The van der Waals surface area contributed by atoms with Crippen LogP contribution in [0.2, 0.25) is 0 Å². The van der Waals surface area contributed by atoms with Gasteiger partial charge in [-0.1, -0.05) is 12.1 Å². The van der Waals surface area contributed by atoms with E-state index in [1.54, 1.807) is 12.1 Å². The molecule has 0 aliphatic rings. The zero-order valence-electron chi connectivity index (χ0n) is 11.7. The Kier molecular flexibility index (Phi) is 6.10. The molecule has 0 spiro atoms. The number of halogens is 1. The number of aliphatic hydroxyl groups is 1. The summed E-state index contributed by atoms with van der Waals surface area (Å²) in [4.78, 5) is 22.0. The first-order valence-corrected chi connectivity index (χ1v) is 6.49. The molecular weight excluding hydrogens is 279 g/mol. The van der Waals surface area contributed by atoms with Gasteiger partial charge in [0.25, 0.3) is 0 Å². The highest BCUT2D eigenvalue weighted by Gasteiger charge is 2.24. The van der Waals surface area contributed by atoms with Gasteiger partial charge in [-0.05, 0) is 31.0 Å². The van der Waals surface area contributed by atoms with Gasteiger partial charge in [0, 0.05) is 13.1 Å². The highest BCUT2D eigenvalue weighted by molar-refractivity contribution is 5.74. The minimum absolute atomic E-state index is 0.165. The normalized spacial score (nSPS) is 13.3. The molecule has 0 aromatic heterocycles. The zero-order valence-corrected chi connectivity index (χ0v) is 11.7. The van der Waals surface area contributed by atoms with E-state index in [1.165, 1.54) is 19.1 Å². The predicted molar refractivity (Wildman–Crippen MR) is 74.4 cm³/mol. The van der Waals surface area contributed by atoms with Gasteiger partial charge in [-0.3, -0.25) is 4.79 Å². The Bertz CT molecular complexity index is 488. The number of hydrogen-bond donors (Lipinski definition) is 4. The maximum absolute atomic E-state index is 12.7. The predicted octanol–water partition coefficient (Wildman–Crippen LogP) is 0.893. The van der Waals surface area contributed by atoms with E-state index in [-0.39, 0.29) is 12.4 Å². The lowest BCUT2D eigenvalue weighted by Gasteiger charge is -2.21. The second-order valence-corrected chi connectivity index (χ2v) is 5.05. The van der Waals surface area contributed by atoms with Crippen LogP contribution in [0.5, 0.6) is 0 Å². The van der Waals surface area contributed by atoms with Crippen LogP contribution in [0, 0.1) is 5.82 Å². The summed E-state index contributed by atoms with van der Waals surface area (Å²) < 4.78 is 12.7. The summed E-state index contributed by atoms with van der Waals surface area (Å²) >= 11 is 0. The third kappa shape index (κ3) is 7.26. The van der Waals surface area contributed by atoms with Crippen molar-refractivity contribution in [1.82, 2.24) is 10.6 Å². The van der Waals surface area contributed by atoms with Crippen molar-refractivity contribution in [2.75, 3.05) is 13.1 Å². The molecule has 116 valence electrons. The van der Waals surface area contributed by atoms with Crippen molar-refractivity contribution in [2.24, 2.45) is 0 Å².